The van der Waals surface area contributed by atoms with Crippen LogP contribution in [0, 0.1) is 5.82 Å². The predicted molar refractivity (Wildman–Crippen MR) is 237 cm³/mol. The van der Waals surface area contributed by atoms with Crippen molar-refractivity contribution in [3.8, 4) is 11.4 Å². The van der Waals surface area contributed by atoms with E-state index in [1.54, 1.807) is 22.5 Å². The fourth-order valence-corrected chi connectivity index (χ4v) is 7.93. The second-order valence-corrected chi connectivity index (χ2v) is 16.3. The summed E-state index contributed by atoms with van der Waals surface area (Å²) in [6.45, 7) is 1.30. The number of H-pyrrole nitrogens is 1. The van der Waals surface area contributed by atoms with Crippen molar-refractivity contribution < 1.29 is 52.2 Å². The normalized spacial score (nSPS) is 15.5. The van der Waals surface area contributed by atoms with Crippen molar-refractivity contribution in [2.24, 2.45) is 11.5 Å². The molecule has 2 aliphatic heterocycles. The first kappa shape index (κ1) is 49.9. The van der Waals surface area contributed by atoms with Crippen molar-refractivity contribution in [1.82, 2.24) is 35.1 Å². The topological polar surface area (TPSA) is 325 Å². The van der Waals surface area contributed by atoms with Crippen molar-refractivity contribution in [2.75, 3.05) is 13.1 Å². The molecule has 8 N–H and O–H groups in total. The number of aromatic nitrogens is 4. The number of esters is 3. The molecular weight excluding hydrogens is 894 g/mol. The maximum absolute atomic E-state index is 13.8. The lowest BCUT2D eigenvalue weighted by atomic mass is 9.85. The summed E-state index contributed by atoms with van der Waals surface area (Å²) in [4.78, 5) is 133. The molecule has 3 aromatic heterocycles. The number of halogens is 1. The summed E-state index contributed by atoms with van der Waals surface area (Å²) in [7, 11) is 0. The largest absolute Gasteiger partial charge is 0.457 e. The fraction of sp³-hybridized carbons (Fsp3) is 0.444. The Bertz CT molecular complexity index is 2810. The highest BCUT2D eigenvalue weighted by Gasteiger charge is 2.50. The van der Waals surface area contributed by atoms with Gasteiger partial charge in [-0.2, -0.15) is 4.39 Å². The highest BCUT2D eigenvalue weighted by Crippen LogP contribution is 2.41. The standard InChI is InChI=1S/C45H52FN9O13/c1-2-45(28-20-33-38-26(19-25-9-3-4-10-30(25)51-38)21-55(33)42(63)27(28)23-66-43(45)64)68-37(59)16-13-34(56)49-18-8-6-11-31(39(48)60)52-41(62)32(12-5-7-17-47)50-35(57)14-15-36(58)67-24-54-22-29(46)40(61)53-44(54)65/h3-4,9-10,19-20,22,31-32H,2,5-8,11-18,21,23-24,47H2,1H3,(H2,48,60)(H,49,56)(H,50,57)(H,52,62)(H,53,61,65)/t31-,32-,45+/m0/s1. The lowest BCUT2D eigenvalue weighted by Crippen LogP contribution is -2.53. The van der Waals surface area contributed by atoms with Gasteiger partial charge in [-0.05, 0) is 69.7 Å². The third-order valence-electron chi connectivity index (χ3n) is 11.6. The Morgan fingerprint density at radius 3 is 2.40 bits per heavy atom. The fourth-order valence-electron chi connectivity index (χ4n) is 7.93. The lowest BCUT2D eigenvalue weighted by molar-refractivity contribution is -0.189. The number of fused-ring (bicyclic) bond motifs is 5. The number of cyclic esters (lactones) is 1. The van der Waals surface area contributed by atoms with Crippen LogP contribution >= 0.6 is 0 Å². The van der Waals surface area contributed by atoms with Crippen LogP contribution in [0.2, 0.25) is 0 Å². The molecule has 0 bridgehead atoms. The van der Waals surface area contributed by atoms with Crippen molar-refractivity contribution in [2.45, 2.75) is 115 Å². The summed E-state index contributed by atoms with van der Waals surface area (Å²) in [6, 6.07) is 8.87. The number of primary amides is 1. The highest BCUT2D eigenvalue weighted by atomic mass is 19.1. The predicted octanol–water partition coefficient (Wildman–Crippen LogP) is 0.251. The molecule has 4 amide bonds. The van der Waals surface area contributed by atoms with E-state index in [0.717, 1.165) is 16.5 Å². The molecule has 0 saturated carbocycles. The Hall–Kier alpha value is -7.56. The molecule has 0 radical (unpaired) electrons. The van der Waals surface area contributed by atoms with Gasteiger partial charge in [0.2, 0.25) is 35.0 Å². The number of hydrogen-bond acceptors (Lipinski definition) is 15. The quantitative estimate of drug-likeness (QED) is 0.0291. The van der Waals surface area contributed by atoms with E-state index in [2.05, 4.69) is 16.0 Å². The van der Waals surface area contributed by atoms with E-state index in [9.17, 15) is 52.3 Å². The van der Waals surface area contributed by atoms with Crippen molar-refractivity contribution in [1.29, 1.82) is 0 Å². The third-order valence-corrected chi connectivity index (χ3v) is 11.6. The SMILES string of the molecule is CC[C@]1(OC(=O)CCC(=O)NCCCC[C@H](NC(=O)[C@H](CCCCN)NC(=O)CCC(=O)OCn2cc(F)c(=O)[nH]c2=O)C(N)=O)C(=O)OCc2c1cc1n(c2=O)Cc2cc3ccccc3nc2-1. The molecule has 0 aliphatic carbocycles. The van der Waals surface area contributed by atoms with Gasteiger partial charge in [-0.1, -0.05) is 25.1 Å². The molecule has 23 heteroatoms. The lowest BCUT2D eigenvalue weighted by Gasteiger charge is -2.35. The number of hydrogen-bond donors (Lipinski definition) is 6. The smallest absolute Gasteiger partial charge is 0.355 e. The molecule has 5 heterocycles. The first-order chi connectivity index (χ1) is 32.5. The maximum atomic E-state index is 13.8. The van der Waals surface area contributed by atoms with Crippen LogP contribution in [0.1, 0.15) is 94.2 Å². The summed E-state index contributed by atoms with van der Waals surface area (Å²) >= 11 is 0. The molecule has 362 valence electrons. The van der Waals surface area contributed by atoms with Gasteiger partial charge in [0, 0.05) is 35.9 Å². The first-order valence-corrected chi connectivity index (χ1v) is 22.1. The van der Waals surface area contributed by atoms with Gasteiger partial charge in [0.25, 0.3) is 11.1 Å². The number of aromatic amines is 1. The molecule has 6 rings (SSSR count). The average molecular weight is 946 g/mol. The van der Waals surface area contributed by atoms with Gasteiger partial charge in [0.1, 0.15) is 18.7 Å². The number of unbranched alkanes of at least 4 members (excludes halogenated alkanes) is 2. The highest BCUT2D eigenvalue weighted by molar-refractivity contribution is 5.92. The Morgan fingerprint density at radius 2 is 1.65 bits per heavy atom. The van der Waals surface area contributed by atoms with Crippen LogP contribution in [-0.2, 0) is 73.3 Å². The van der Waals surface area contributed by atoms with Crippen LogP contribution in [0.5, 0.6) is 0 Å². The zero-order chi connectivity index (χ0) is 49.1. The van der Waals surface area contributed by atoms with Crippen LogP contribution in [0.4, 0.5) is 4.39 Å². The third kappa shape index (κ3) is 11.7. The number of para-hydroxylation sites is 1. The summed E-state index contributed by atoms with van der Waals surface area (Å²) < 4.78 is 31.8. The monoisotopic (exact) mass is 945 g/mol. The van der Waals surface area contributed by atoms with E-state index in [4.69, 9.17) is 30.7 Å². The van der Waals surface area contributed by atoms with Crippen molar-refractivity contribution in [3.63, 3.8) is 0 Å². The molecule has 0 saturated heterocycles. The van der Waals surface area contributed by atoms with Crippen LogP contribution < -0.4 is 44.2 Å². The zero-order valence-electron chi connectivity index (χ0n) is 37.2. The second kappa shape index (κ2) is 22.3. The Kier molecular flexibility index (Phi) is 16.3. The number of carbonyl (C=O) groups excluding carboxylic acids is 7. The van der Waals surface area contributed by atoms with Gasteiger partial charge in [0.15, 0.2) is 6.73 Å². The molecule has 1 aromatic carbocycles. The number of carbonyl (C=O) groups is 7. The van der Waals surface area contributed by atoms with E-state index in [1.807, 2.05) is 30.3 Å². The number of nitrogens with one attached hydrogen (secondary N) is 4. The van der Waals surface area contributed by atoms with E-state index in [0.29, 0.717) is 54.4 Å². The van der Waals surface area contributed by atoms with Gasteiger partial charge in [-0.3, -0.25) is 47.9 Å². The summed E-state index contributed by atoms with van der Waals surface area (Å²) in [6.07, 6.45) is 0.694. The van der Waals surface area contributed by atoms with Crippen LogP contribution in [0.15, 0.2) is 57.0 Å². The molecule has 22 nitrogen and oxygen atoms in total. The summed E-state index contributed by atoms with van der Waals surface area (Å²) in [5.74, 6) is -6.70. The minimum atomic E-state index is -1.93. The van der Waals surface area contributed by atoms with E-state index in [-0.39, 0.29) is 56.5 Å². The zero-order valence-corrected chi connectivity index (χ0v) is 37.2. The molecule has 4 aromatic rings. The molecule has 0 unspecified atom stereocenters. The number of pyridine rings is 2. The number of rotatable bonds is 23. The Balaban J connectivity index is 0.954. The maximum Gasteiger partial charge on any atom is 0.355 e. The Labute approximate surface area is 386 Å². The van der Waals surface area contributed by atoms with Crippen molar-refractivity contribution >= 4 is 52.4 Å². The van der Waals surface area contributed by atoms with Gasteiger partial charge < -0.3 is 46.2 Å². The van der Waals surface area contributed by atoms with Gasteiger partial charge >= 0.3 is 23.6 Å². The minimum Gasteiger partial charge on any atom is -0.457 e. The van der Waals surface area contributed by atoms with Crippen LogP contribution in [0.3, 0.4) is 0 Å². The molecule has 2 aliphatic rings. The molecule has 0 fully saturated rings. The van der Waals surface area contributed by atoms with Gasteiger partial charge in [-0.25, -0.2) is 14.6 Å². The number of nitrogens with two attached hydrogens (primary N) is 2. The summed E-state index contributed by atoms with van der Waals surface area (Å²) in [5.41, 5.74) is 9.58. The van der Waals surface area contributed by atoms with E-state index in [1.165, 1.54) is 0 Å². The minimum absolute atomic E-state index is 0.0498. The van der Waals surface area contributed by atoms with Crippen LogP contribution in [0.25, 0.3) is 22.3 Å². The molecule has 3 atom stereocenters. The second-order valence-electron chi connectivity index (χ2n) is 16.3. The average Bonchev–Trinajstić information content (AvgIpc) is 3.67. The number of amides is 4. The number of nitrogens with zero attached hydrogens (tertiary/aromatic N) is 3. The van der Waals surface area contributed by atoms with E-state index >= 15 is 0 Å². The molecule has 0 spiro atoms. The number of benzene rings is 1. The van der Waals surface area contributed by atoms with Gasteiger partial charge in [0.05, 0.1) is 48.1 Å². The first-order valence-electron chi connectivity index (χ1n) is 22.1. The summed E-state index contributed by atoms with van der Waals surface area (Å²) in [5, 5.41) is 8.65. The van der Waals surface area contributed by atoms with Crippen molar-refractivity contribution in [3.05, 3.63) is 96.3 Å². The van der Waals surface area contributed by atoms with E-state index < -0.39 is 108 Å². The van der Waals surface area contributed by atoms with Crippen LogP contribution in [-0.4, -0.2) is 85.8 Å². The molecular formula is C45H52FN9O13. The Morgan fingerprint density at radius 1 is 0.926 bits per heavy atom. The number of ether oxygens (including phenoxy) is 3. The molecule has 68 heavy (non-hydrogen) atoms. The van der Waals surface area contributed by atoms with Gasteiger partial charge in [-0.15, -0.1) is 0 Å².